The third-order valence-corrected chi connectivity index (χ3v) is 4.45. The molecule has 17 heavy (non-hydrogen) atoms. The molecule has 1 atom stereocenters. The molecule has 2 nitrogen and oxygen atoms in total. The molecule has 1 aliphatic heterocycles. The molecular formula is C13H15BrClNO. The number of hydrogen-bond acceptors (Lipinski definition) is 2. The molecule has 92 valence electrons. The lowest BCUT2D eigenvalue weighted by molar-refractivity contribution is -0.0461. The van der Waals surface area contributed by atoms with E-state index in [9.17, 15) is 0 Å². The van der Waals surface area contributed by atoms with Crippen molar-refractivity contribution in [2.75, 3.05) is 13.2 Å². The second kappa shape index (κ2) is 3.95. The summed E-state index contributed by atoms with van der Waals surface area (Å²) in [5.41, 5.74) is 1.18. The molecule has 1 aliphatic carbocycles. The van der Waals surface area contributed by atoms with Crippen LogP contribution in [0.1, 0.15) is 25.3 Å². The van der Waals surface area contributed by atoms with E-state index in [2.05, 4.69) is 34.2 Å². The zero-order valence-electron chi connectivity index (χ0n) is 9.72. The van der Waals surface area contributed by atoms with Gasteiger partial charge in [-0.05, 0) is 43.5 Å². The van der Waals surface area contributed by atoms with Crippen molar-refractivity contribution in [2.24, 2.45) is 0 Å². The Morgan fingerprint density at radius 2 is 2.12 bits per heavy atom. The summed E-state index contributed by atoms with van der Waals surface area (Å²) in [7, 11) is 0. The number of ether oxygens (including phenoxy) is 1. The zero-order chi connectivity index (χ0) is 12.1. The highest BCUT2D eigenvalue weighted by molar-refractivity contribution is 9.10. The molecule has 2 fully saturated rings. The zero-order valence-corrected chi connectivity index (χ0v) is 12.1. The van der Waals surface area contributed by atoms with Gasteiger partial charge < -0.3 is 10.1 Å². The Kier molecular flexibility index (Phi) is 2.78. The van der Waals surface area contributed by atoms with Gasteiger partial charge in [0.25, 0.3) is 0 Å². The van der Waals surface area contributed by atoms with E-state index in [0.717, 1.165) is 16.0 Å². The molecule has 1 saturated heterocycles. The topological polar surface area (TPSA) is 21.3 Å². The van der Waals surface area contributed by atoms with E-state index in [-0.39, 0.29) is 11.1 Å². The maximum absolute atomic E-state index is 6.10. The van der Waals surface area contributed by atoms with Crippen LogP contribution in [0.3, 0.4) is 0 Å². The van der Waals surface area contributed by atoms with Gasteiger partial charge in [0.05, 0.1) is 17.7 Å². The van der Waals surface area contributed by atoms with Crippen LogP contribution in [-0.4, -0.2) is 18.8 Å². The fourth-order valence-corrected chi connectivity index (χ4v) is 3.13. The lowest BCUT2D eigenvalue weighted by Gasteiger charge is -2.39. The minimum atomic E-state index is -0.138. The monoisotopic (exact) mass is 315 g/mol. The second-order valence-corrected chi connectivity index (χ2v) is 6.67. The summed E-state index contributed by atoms with van der Waals surface area (Å²) in [6.45, 7) is 3.81. The van der Waals surface area contributed by atoms with Crippen molar-refractivity contribution in [1.29, 1.82) is 0 Å². The van der Waals surface area contributed by atoms with Crippen molar-refractivity contribution in [3.63, 3.8) is 0 Å². The summed E-state index contributed by atoms with van der Waals surface area (Å²) in [5, 5.41) is 4.37. The first-order valence-corrected chi connectivity index (χ1v) is 7.04. The highest BCUT2D eigenvalue weighted by atomic mass is 79.9. The standard InChI is InChI=1S/C13H15BrClNO/c1-12(8-17-13(2-3-13)7-16-12)9-4-10(14)6-11(15)5-9/h4-6,16H,2-3,7-8H2,1H3. The second-order valence-electron chi connectivity index (χ2n) is 5.32. The minimum Gasteiger partial charge on any atom is -0.371 e. The number of morpholine rings is 1. The van der Waals surface area contributed by atoms with Gasteiger partial charge >= 0.3 is 0 Å². The van der Waals surface area contributed by atoms with Crippen LogP contribution < -0.4 is 5.32 Å². The molecule has 4 heteroatoms. The van der Waals surface area contributed by atoms with Gasteiger partial charge in [0.2, 0.25) is 0 Å². The van der Waals surface area contributed by atoms with Crippen molar-refractivity contribution < 1.29 is 4.74 Å². The summed E-state index contributed by atoms with van der Waals surface area (Å²) in [6, 6.07) is 6.02. The molecule has 2 aliphatic rings. The van der Waals surface area contributed by atoms with Crippen LogP contribution in [0.15, 0.2) is 22.7 Å². The van der Waals surface area contributed by atoms with Crippen molar-refractivity contribution in [1.82, 2.24) is 5.32 Å². The van der Waals surface area contributed by atoms with Crippen LogP contribution in [-0.2, 0) is 10.3 Å². The van der Waals surface area contributed by atoms with E-state index in [0.29, 0.717) is 6.61 Å². The normalized spacial score (nSPS) is 30.5. The quantitative estimate of drug-likeness (QED) is 0.856. The molecule has 1 spiro atoms. The summed E-state index contributed by atoms with van der Waals surface area (Å²) in [4.78, 5) is 0. The van der Waals surface area contributed by atoms with E-state index < -0.39 is 0 Å². The Hall–Kier alpha value is -0.0900. The summed E-state index contributed by atoms with van der Waals surface area (Å²) in [5.74, 6) is 0. The number of nitrogens with one attached hydrogen (secondary N) is 1. The van der Waals surface area contributed by atoms with Gasteiger partial charge in [0.15, 0.2) is 0 Å². The first-order valence-electron chi connectivity index (χ1n) is 5.87. The minimum absolute atomic E-state index is 0.138. The van der Waals surface area contributed by atoms with Crippen LogP contribution in [0.2, 0.25) is 5.02 Å². The molecule has 0 radical (unpaired) electrons. The summed E-state index contributed by atoms with van der Waals surface area (Å²) < 4.78 is 7.01. The predicted molar refractivity (Wildman–Crippen MR) is 72.4 cm³/mol. The molecule has 0 amide bonds. The molecule has 1 N–H and O–H groups in total. The molecule has 3 rings (SSSR count). The maximum atomic E-state index is 6.10. The first kappa shape index (κ1) is 12.0. The van der Waals surface area contributed by atoms with Gasteiger partial charge in [0.1, 0.15) is 0 Å². The molecular weight excluding hydrogens is 302 g/mol. The highest BCUT2D eigenvalue weighted by Gasteiger charge is 2.49. The summed E-state index contributed by atoms with van der Waals surface area (Å²) in [6.07, 6.45) is 2.38. The maximum Gasteiger partial charge on any atom is 0.0809 e. The van der Waals surface area contributed by atoms with Gasteiger partial charge in [-0.15, -0.1) is 0 Å². The van der Waals surface area contributed by atoms with Crippen LogP contribution in [0.5, 0.6) is 0 Å². The average molecular weight is 317 g/mol. The van der Waals surface area contributed by atoms with Crippen LogP contribution in [0, 0.1) is 0 Å². The molecule has 1 aromatic rings. The Morgan fingerprint density at radius 3 is 2.65 bits per heavy atom. The van der Waals surface area contributed by atoms with Crippen LogP contribution >= 0.6 is 27.5 Å². The average Bonchev–Trinajstić information content (AvgIpc) is 3.02. The third-order valence-electron chi connectivity index (χ3n) is 3.78. The van der Waals surface area contributed by atoms with Gasteiger partial charge in [0, 0.05) is 16.0 Å². The van der Waals surface area contributed by atoms with Gasteiger partial charge in [-0.2, -0.15) is 0 Å². The van der Waals surface area contributed by atoms with Crippen LogP contribution in [0.25, 0.3) is 0 Å². The molecule has 1 heterocycles. The lowest BCUT2D eigenvalue weighted by atomic mass is 9.91. The van der Waals surface area contributed by atoms with E-state index in [1.807, 2.05) is 12.1 Å². The predicted octanol–water partition coefficient (Wildman–Crippen LogP) is 3.47. The van der Waals surface area contributed by atoms with Gasteiger partial charge in [-0.3, -0.25) is 0 Å². The van der Waals surface area contributed by atoms with Crippen molar-refractivity contribution >= 4 is 27.5 Å². The van der Waals surface area contributed by atoms with Gasteiger partial charge in [-0.1, -0.05) is 27.5 Å². The largest absolute Gasteiger partial charge is 0.371 e. The number of halogens is 2. The highest BCUT2D eigenvalue weighted by Crippen LogP contribution is 2.44. The molecule has 1 saturated carbocycles. The number of rotatable bonds is 1. The first-order chi connectivity index (χ1) is 8.01. The Labute approximate surface area is 115 Å². The van der Waals surface area contributed by atoms with E-state index in [1.165, 1.54) is 18.4 Å². The van der Waals surface area contributed by atoms with Gasteiger partial charge in [-0.25, -0.2) is 0 Å². The molecule has 1 aromatic carbocycles. The molecule has 0 bridgehead atoms. The van der Waals surface area contributed by atoms with Crippen LogP contribution in [0.4, 0.5) is 0 Å². The molecule has 1 unspecified atom stereocenters. The van der Waals surface area contributed by atoms with Crippen molar-refractivity contribution in [3.8, 4) is 0 Å². The van der Waals surface area contributed by atoms with E-state index in [1.54, 1.807) is 0 Å². The SMILES string of the molecule is CC1(c2cc(Cl)cc(Br)c2)COC2(CC2)CN1. The van der Waals surface area contributed by atoms with E-state index >= 15 is 0 Å². The fourth-order valence-electron chi connectivity index (χ4n) is 2.27. The van der Waals surface area contributed by atoms with Crippen molar-refractivity contribution in [2.45, 2.75) is 30.9 Å². The third kappa shape index (κ3) is 2.26. The Balaban J connectivity index is 1.86. The van der Waals surface area contributed by atoms with E-state index in [4.69, 9.17) is 16.3 Å². The number of benzene rings is 1. The summed E-state index contributed by atoms with van der Waals surface area (Å²) >= 11 is 9.59. The smallest absolute Gasteiger partial charge is 0.0809 e. The molecule has 0 aromatic heterocycles. The number of hydrogen-bond donors (Lipinski definition) is 1. The Morgan fingerprint density at radius 1 is 1.35 bits per heavy atom. The Bertz CT molecular complexity index is 428. The lowest BCUT2D eigenvalue weighted by Crippen LogP contribution is -2.54. The fraction of sp³-hybridized carbons (Fsp3) is 0.538. The van der Waals surface area contributed by atoms with Crippen molar-refractivity contribution in [3.05, 3.63) is 33.3 Å².